The number of fused-ring (bicyclic) bond motifs is 1. The number of azo groups is 2. The molecule has 56 heavy (non-hydrogen) atoms. The van der Waals surface area contributed by atoms with E-state index in [2.05, 4.69) is 48.6 Å². The number of rotatable bonds is 21. The number of nitrogens with two attached hydrogens (primary N) is 1. The molecule has 0 aliphatic carbocycles. The summed E-state index contributed by atoms with van der Waals surface area (Å²) in [4.78, 5) is -1.87. The van der Waals surface area contributed by atoms with Gasteiger partial charge in [0.25, 0.3) is 10.1 Å². The van der Waals surface area contributed by atoms with Crippen LogP contribution in [0.5, 0.6) is 5.75 Å². The van der Waals surface area contributed by atoms with Crippen LogP contribution in [0.1, 0.15) is 0 Å². The molecule has 1 atom stereocenters. The topological polar surface area (TPSA) is 361 Å². The molecule has 0 saturated carbocycles. The Morgan fingerprint density at radius 3 is 2.14 bits per heavy atom. The highest BCUT2D eigenvalue weighted by molar-refractivity contribution is 7.94. The Labute approximate surface area is 326 Å². The highest BCUT2D eigenvalue weighted by Gasteiger charge is 2.24. The molecule has 0 fully saturated rings. The number of sulfone groups is 2. The summed E-state index contributed by atoms with van der Waals surface area (Å²) in [5.74, 6) is -2.50. The van der Waals surface area contributed by atoms with Crippen LogP contribution in [-0.4, -0.2) is 78.8 Å². The van der Waals surface area contributed by atoms with Gasteiger partial charge in [0.1, 0.15) is 22.0 Å². The summed E-state index contributed by atoms with van der Waals surface area (Å²) in [6.45, 7) is -0.492. The Morgan fingerprint density at radius 1 is 0.750 bits per heavy atom. The number of anilines is 1. The summed E-state index contributed by atoms with van der Waals surface area (Å²) in [6.07, 6.45) is 0. The fourth-order valence-corrected chi connectivity index (χ4v) is 9.39. The molecule has 0 bridgehead atoms. The second-order valence-electron chi connectivity index (χ2n) is 10.2. The van der Waals surface area contributed by atoms with Crippen molar-refractivity contribution in [2.45, 2.75) is 19.6 Å². The maximum atomic E-state index is 12.8. The minimum Gasteiger partial charge on any atom is -0.505 e. The van der Waals surface area contributed by atoms with Crippen molar-refractivity contribution >= 4 is 104 Å². The zero-order valence-corrected chi connectivity index (χ0v) is 32.3. The number of phenols is 1. The number of benzene rings is 4. The van der Waals surface area contributed by atoms with Gasteiger partial charge in [0, 0.05) is 10.8 Å². The maximum Gasteiger partial charge on any atom is 0.296 e. The first-order chi connectivity index (χ1) is 26.5. The molecule has 0 radical (unpaired) electrons. The molecule has 1 unspecified atom stereocenters. The van der Waals surface area contributed by atoms with Gasteiger partial charge >= 0.3 is 0 Å². The number of hydrogen-bond donors (Lipinski definition) is 6. The number of phenolic OH excluding ortho intramolecular Hbond substituents is 1. The molecule has 304 valence electrons. The predicted molar refractivity (Wildman–Crippen MR) is 192 cm³/mol. The van der Waals surface area contributed by atoms with Crippen LogP contribution in [0.2, 0.25) is 0 Å². The molecular weight excluding hydrogens is 879 g/mol. The molecule has 24 nitrogen and oxygen atoms in total. The standard InChI is InChI=1S/C26H25N5O19S6/c27-20-6-5-18-19(24(20)30-29-21-7-4-17(13-23(21)56(41,42)43)54(37,38)10-8-44-52-49-46-34)14-22(51-48-45-33)25(26(18)32)31-28-15-2-1-3-16(12-15)55(39,40)11-9-53(36)50-47-35/h1-7,12-14,32-35H,8-11,27H2,(H,41,42,43). The van der Waals surface area contributed by atoms with Gasteiger partial charge < -0.3 is 10.8 Å². The highest BCUT2D eigenvalue weighted by atomic mass is 32.2. The quantitative estimate of drug-likeness (QED) is 0.0118. The summed E-state index contributed by atoms with van der Waals surface area (Å²) in [5, 5.41) is 62.6. The molecule has 0 saturated heterocycles. The minimum atomic E-state index is -5.12. The van der Waals surface area contributed by atoms with E-state index in [4.69, 9.17) is 25.7 Å². The lowest BCUT2D eigenvalue weighted by Gasteiger charge is -2.12. The van der Waals surface area contributed by atoms with E-state index in [1.807, 2.05) is 0 Å². The predicted octanol–water partition coefficient (Wildman–Crippen LogP) is 5.27. The normalized spacial score (nSPS) is 13.3. The molecule has 0 heterocycles. The fourth-order valence-electron chi connectivity index (χ4n) is 4.36. The van der Waals surface area contributed by atoms with E-state index in [0.29, 0.717) is 18.1 Å². The molecule has 4 rings (SSSR count). The summed E-state index contributed by atoms with van der Waals surface area (Å²) in [6, 6.07) is 11.5. The molecule has 4 aromatic carbocycles. The zero-order chi connectivity index (χ0) is 41.1. The minimum absolute atomic E-state index is 0.00236. The third kappa shape index (κ3) is 11.9. The number of nitrogen functional groups attached to an aromatic ring is 1. The third-order valence-corrected chi connectivity index (χ3v) is 13.1. The van der Waals surface area contributed by atoms with Crippen molar-refractivity contribution in [2.75, 3.05) is 29.6 Å². The van der Waals surface area contributed by atoms with Gasteiger partial charge in [0.05, 0.1) is 62.0 Å². The monoisotopic (exact) mass is 903 g/mol. The Balaban J connectivity index is 1.73. The Bertz CT molecular complexity index is 2470. The van der Waals surface area contributed by atoms with Crippen LogP contribution in [-0.2, 0) is 73.2 Å². The summed E-state index contributed by atoms with van der Waals surface area (Å²) in [5.41, 5.74) is 5.00. The van der Waals surface area contributed by atoms with Crippen molar-refractivity contribution < 1.29 is 87.2 Å². The van der Waals surface area contributed by atoms with Crippen LogP contribution in [0, 0.1) is 0 Å². The number of nitrogens with zero attached hydrogens (tertiary/aromatic N) is 4. The van der Waals surface area contributed by atoms with E-state index in [9.17, 15) is 39.1 Å². The van der Waals surface area contributed by atoms with Gasteiger partial charge in [-0.05, 0) is 54.6 Å². The van der Waals surface area contributed by atoms with Gasteiger partial charge in [-0.25, -0.2) is 36.8 Å². The van der Waals surface area contributed by atoms with Crippen molar-refractivity contribution in [1.82, 2.24) is 0 Å². The largest absolute Gasteiger partial charge is 0.505 e. The van der Waals surface area contributed by atoms with E-state index in [0.717, 1.165) is 18.2 Å². The number of aromatic hydroxyl groups is 1. The smallest absolute Gasteiger partial charge is 0.296 e. The molecule has 0 aliphatic heterocycles. The molecule has 0 aliphatic rings. The maximum absolute atomic E-state index is 12.8. The second kappa shape index (κ2) is 20.1. The SMILES string of the molecule is Nc1ccc2c(O)c(N=Nc3cccc(S(=O)(=O)CCS(=O)OOO)c3)c(SOOO)cc2c1N=Nc1ccc(S(=O)(=O)CCOSOOO)cc1S(=O)(=O)O. The van der Waals surface area contributed by atoms with Crippen LogP contribution >= 0.6 is 24.4 Å². The van der Waals surface area contributed by atoms with Crippen molar-refractivity contribution in [2.24, 2.45) is 20.5 Å². The van der Waals surface area contributed by atoms with Crippen molar-refractivity contribution in [3.8, 4) is 5.75 Å². The molecular formula is C26H25N5O19S6. The lowest BCUT2D eigenvalue weighted by molar-refractivity contribution is -0.434. The summed E-state index contributed by atoms with van der Waals surface area (Å²) < 4.78 is 114. The lowest BCUT2D eigenvalue weighted by Crippen LogP contribution is -2.14. The van der Waals surface area contributed by atoms with Crippen molar-refractivity contribution in [1.29, 1.82) is 0 Å². The van der Waals surface area contributed by atoms with Gasteiger partial charge in [0.15, 0.2) is 48.8 Å². The van der Waals surface area contributed by atoms with E-state index < -0.39 is 86.0 Å². The van der Waals surface area contributed by atoms with Crippen molar-refractivity contribution in [3.05, 3.63) is 60.7 Å². The van der Waals surface area contributed by atoms with Crippen molar-refractivity contribution in [3.63, 3.8) is 0 Å². The van der Waals surface area contributed by atoms with E-state index in [1.165, 1.54) is 36.4 Å². The Kier molecular flexibility index (Phi) is 16.1. The molecule has 0 spiro atoms. The molecule has 0 aromatic heterocycles. The summed E-state index contributed by atoms with van der Waals surface area (Å²) in [7, 11) is -13.4. The van der Waals surface area contributed by atoms with E-state index in [-0.39, 0.29) is 55.6 Å². The molecule has 0 amide bonds. The van der Waals surface area contributed by atoms with Crippen LogP contribution in [0.25, 0.3) is 10.8 Å². The van der Waals surface area contributed by atoms with Crippen LogP contribution < -0.4 is 5.73 Å². The zero-order valence-electron chi connectivity index (χ0n) is 27.4. The summed E-state index contributed by atoms with van der Waals surface area (Å²) >= 11 is -1.84. The van der Waals surface area contributed by atoms with E-state index >= 15 is 0 Å². The average molecular weight is 904 g/mol. The fraction of sp³-hybridized carbons (Fsp3) is 0.154. The van der Waals surface area contributed by atoms with Crippen LogP contribution in [0.3, 0.4) is 0 Å². The van der Waals surface area contributed by atoms with Gasteiger partial charge in [-0.2, -0.15) is 13.5 Å². The van der Waals surface area contributed by atoms with Gasteiger partial charge in [0.2, 0.25) is 0 Å². The molecule has 30 heteroatoms. The van der Waals surface area contributed by atoms with Crippen LogP contribution in [0.4, 0.5) is 28.4 Å². The first-order valence-electron chi connectivity index (χ1n) is 14.4. The van der Waals surface area contributed by atoms with Crippen LogP contribution in [0.15, 0.2) is 101 Å². The third-order valence-electron chi connectivity index (χ3n) is 6.83. The Morgan fingerprint density at radius 2 is 1.45 bits per heavy atom. The first-order valence-corrected chi connectivity index (χ1v) is 21.8. The lowest BCUT2D eigenvalue weighted by atomic mass is 10.1. The first kappa shape index (κ1) is 44.9. The van der Waals surface area contributed by atoms with Gasteiger partial charge in [-0.3, -0.25) is 8.74 Å². The molecule has 7 N–H and O–H groups in total. The number of hydrogen-bond acceptors (Lipinski definition) is 25. The van der Waals surface area contributed by atoms with Gasteiger partial charge in [-0.1, -0.05) is 21.2 Å². The average Bonchev–Trinajstić information content (AvgIpc) is 3.15. The van der Waals surface area contributed by atoms with Gasteiger partial charge in [-0.15, -0.1) is 28.3 Å². The second-order valence-corrected chi connectivity index (χ2v) is 18.2. The highest BCUT2D eigenvalue weighted by Crippen LogP contribution is 2.48. The Hall–Kier alpha value is -3.80. The van der Waals surface area contributed by atoms with E-state index in [1.54, 1.807) is 0 Å². The molecule has 4 aromatic rings.